The number of alkyl halides is 2. The van der Waals surface area contributed by atoms with Crippen molar-refractivity contribution in [2.45, 2.75) is 7.03 Å². The van der Waals surface area contributed by atoms with Gasteiger partial charge in [0.25, 0.3) is 0 Å². The summed E-state index contributed by atoms with van der Waals surface area (Å²) in [4.78, 5) is 25.3. The summed E-state index contributed by atoms with van der Waals surface area (Å²) < 4.78 is 12.4. The molecule has 3 aliphatic rings. The number of benzene rings is 2. The van der Waals surface area contributed by atoms with E-state index in [2.05, 4.69) is 67.8 Å². The Bertz CT molecular complexity index is 1120. The highest BCUT2D eigenvalue weighted by Gasteiger charge is 2.57. The van der Waals surface area contributed by atoms with Crippen LogP contribution in [-0.2, 0) is 15.1 Å². The van der Waals surface area contributed by atoms with E-state index in [9.17, 15) is 9.59 Å². The Labute approximate surface area is 195 Å². The van der Waals surface area contributed by atoms with Crippen LogP contribution in [0.3, 0.4) is 0 Å². The second-order valence-corrected chi connectivity index (χ2v) is 13.0. The number of fused-ring (bicyclic) bond motifs is 6. The second-order valence-electron chi connectivity index (χ2n) is 6.39. The van der Waals surface area contributed by atoms with Crippen LogP contribution in [0.1, 0.15) is 21.5 Å². The number of hydrogen-bond donors (Lipinski definition) is 0. The lowest BCUT2D eigenvalue weighted by molar-refractivity contribution is -0.113. The number of carbonyl (C=O) groups is 2. The third kappa shape index (κ3) is 2.43. The van der Waals surface area contributed by atoms with E-state index < -0.39 is 7.03 Å². The normalized spacial score (nSPS) is 24.3. The van der Waals surface area contributed by atoms with Crippen LogP contribution < -0.4 is 4.74 Å². The first kappa shape index (κ1) is 18.1. The molecule has 2 aromatic carbocycles. The van der Waals surface area contributed by atoms with Gasteiger partial charge in [0, 0.05) is 20.8 Å². The van der Waals surface area contributed by atoms with E-state index in [0.717, 1.165) is 14.7 Å². The van der Waals surface area contributed by atoms with E-state index in [1.807, 2.05) is 42.5 Å². The SMILES string of the molecule is O=C1OC2(C3=CC(I)(I)C(=O)C=C3Oc3cccc(I)c32)c2ccccc21. The molecule has 0 saturated carbocycles. The van der Waals surface area contributed by atoms with Gasteiger partial charge in [-0.05, 0) is 46.9 Å². The van der Waals surface area contributed by atoms with Crippen LogP contribution in [0.15, 0.2) is 65.9 Å². The molecular weight excluding hydrogens is 685 g/mol. The number of ketones is 1. The summed E-state index contributed by atoms with van der Waals surface area (Å²) >= 11 is 6.45. The average molecular weight is 694 g/mol. The van der Waals surface area contributed by atoms with E-state index >= 15 is 0 Å². The second kappa shape index (κ2) is 6.02. The van der Waals surface area contributed by atoms with E-state index in [1.54, 1.807) is 6.07 Å². The fourth-order valence-electron chi connectivity index (χ4n) is 3.76. The highest BCUT2D eigenvalue weighted by molar-refractivity contribution is 14.2. The fraction of sp³-hybridized carbons (Fsp3) is 0.100. The average Bonchev–Trinajstić information content (AvgIpc) is 2.91. The van der Waals surface area contributed by atoms with Gasteiger partial charge in [-0.1, -0.05) is 69.4 Å². The Morgan fingerprint density at radius 2 is 1.74 bits per heavy atom. The number of allylic oxidation sites excluding steroid dienone is 2. The van der Waals surface area contributed by atoms with Gasteiger partial charge < -0.3 is 9.47 Å². The predicted molar refractivity (Wildman–Crippen MR) is 124 cm³/mol. The van der Waals surface area contributed by atoms with E-state index in [0.29, 0.717) is 22.6 Å². The molecule has 0 fully saturated rings. The van der Waals surface area contributed by atoms with Crippen molar-refractivity contribution in [1.29, 1.82) is 0 Å². The van der Waals surface area contributed by atoms with Gasteiger partial charge in [-0.15, -0.1) is 0 Å². The van der Waals surface area contributed by atoms with Crippen LogP contribution in [0.2, 0.25) is 0 Å². The van der Waals surface area contributed by atoms with E-state index in [4.69, 9.17) is 9.47 Å². The molecule has 1 spiro atoms. The van der Waals surface area contributed by atoms with Crippen molar-refractivity contribution >= 4 is 79.5 Å². The van der Waals surface area contributed by atoms with Crippen molar-refractivity contribution in [3.8, 4) is 5.75 Å². The van der Waals surface area contributed by atoms with Crippen molar-refractivity contribution in [3.63, 3.8) is 0 Å². The van der Waals surface area contributed by atoms with Gasteiger partial charge >= 0.3 is 5.97 Å². The molecule has 0 amide bonds. The molecule has 2 heterocycles. The van der Waals surface area contributed by atoms with Crippen molar-refractivity contribution in [2.75, 3.05) is 0 Å². The Morgan fingerprint density at radius 1 is 0.963 bits per heavy atom. The summed E-state index contributed by atoms with van der Waals surface area (Å²) in [5.41, 5.74) is 1.69. The molecule has 0 radical (unpaired) electrons. The molecular formula is C20H9I3O4. The largest absolute Gasteiger partial charge is 0.456 e. The minimum atomic E-state index is -1.12. The number of ether oxygens (including phenoxy) is 2. The molecule has 27 heavy (non-hydrogen) atoms. The lowest BCUT2D eigenvalue weighted by Gasteiger charge is -2.41. The van der Waals surface area contributed by atoms with Gasteiger partial charge in [-0.3, -0.25) is 4.79 Å². The van der Waals surface area contributed by atoms with E-state index in [1.165, 1.54) is 6.08 Å². The number of hydrogen-bond acceptors (Lipinski definition) is 4. The number of esters is 1. The highest BCUT2D eigenvalue weighted by Crippen LogP contribution is 2.58. The fourth-order valence-corrected chi connectivity index (χ4v) is 5.55. The third-order valence-electron chi connectivity index (χ3n) is 4.88. The Balaban J connectivity index is 1.93. The summed E-state index contributed by atoms with van der Waals surface area (Å²) in [5.74, 6) is 0.590. The third-order valence-corrected chi connectivity index (χ3v) is 7.47. The molecule has 1 aliphatic carbocycles. The minimum Gasteiger partial charge on any atom is -0.456 e. The molecule has 4 nitrogen and oxygen atoms in total. The van der Waals surface area contributed by atoms with Crippen molar-refractivity contribution in [2.24, 2.45) is 0 Å². The van der Waals surface area contributed by atoms with Crippen molar-refractivity contribution in [1.82, 2.24) is 0 Å². The van der Waals surface area contributed by atoms with Gasteiger partial charge in [0.1, 0.15) is 11.5 Å². The summed E-state index contributed by atoms with van der Waals surface area (Å²) in [6.45, 7) is 0. The molecule has 1 atom stereocenters. The quantitative estimate of drug-likeness (QED) is 0.220. The number of rotatable bonds is 0. The molecule has 2 aliphatic heterocycles. The van der Waals surface area contributed by atoms with Crippen LogP contribution >= 0.6 is 67.8 Å². The topological polar surface area (TPSA) is 52.6 Å². The smallest absolute Gasteiger partial charge is 0.340 e. The van der Waals surface area contributed by atoms with Crippen molar-refractivity contribution in [3.05, 3.63) is 86.2 Å². The maximum Gasteiger partial charge on any atom is 0.340 e. The summed E-state index contributed by atoms with van der Waals surface area (Å²) in [6.07, 6.45) is 3.36. The Morgan fingerprint density at radius 3 is 2.56 bits per heavy atom. The molecule has 0 saturated heterocycles. The van der Waals surface area contributed by atoms with Gasteiger partial charge in [-0.2, -0.15) is 0 Å². The standard InChI is InChI=1S/C20H9I3O4/c21-13-6-3-7-14-17(13)20(11-5-2-1-4-10(11)18(25)27-20)12-9-19(22,23)16(24)8-15(12)26-14/h1-9H. The first-order chi connectivity index (χ1) is 12.8. The monoisotopic (exact) mass is 694 g/mol. The van der Waals surface area contributed by atoms with Gasteiger partial charge in [0.05, 0.1) is 11.1 Å². The summed E-state index contributed by atoms with van der Waals surface area (Å²) in [6, 6.07) is 13.1. The van der Waals surface area contributed by atoms with Crippen LogP contribution in [-0.4, -0.2) is 13.2 Å². The van der Waals surface area contributed by atoms with Crippen LogP contribution in [0.5, 0.6) is 5.75 Å². The predicted octanol–water partition coefficient (Wildman–Crippen LogP) is 5.06. The molecule has 0 bridgehead atoms. The zero-order valence-electron chi connectivity index (χ0n) is 13.5. The van der Waals surface area contributed by atoms with Gasteiger partial charge in [0.15, 0.2) is 12.8 Å². The minimum absolute atomic E-state index is 0.0655. The maximum atomic E-state index is 12.8. The number of halogens is 3. The van der Waals surface area contributed by atoms with Crippen molar-refractivity contribution < 1.29 is 19.1 Å². The first-order valence-corrected chi connectivity index (χ1v) is 11.3. The highest BCUT2D eigenvalue weighted by atomic mass is 127. The zero-order chi connectivity index (χ0) is 19.0. The first-order valence-electron chi connectivity index (χ1n) is 8.02. The molecule has 5 rings (SSSR count). The summed E-state index contributed by atoms with van der Waals surface area (Å²) in [7, 11) is 0. The maximum absolute atomic E-state index is 12.8. The Kier molecular flexibility index (Phi) is 4.04. The lowest BCUT2D eigenvalue weighted by Crippen LogP contribution is -2.41. The molecule has 2 aromatic rings. The number of carbonyl (C=O) groups excluding carboxylic acids is 2. The molecule has 0 N–H and O–H groups in total. The molecule has 7 heteroatoms. The lowest BCUT2D eigenvalue weighted by atomic mass is 9.75. The zero-order valence-corrected chi connectivity index (χ0v) is 19.9. The molecule has 1 unspecified atom stereocenters. The van der Waals surface area contributed by atoms with Gasteiger partial charge in [-0.25, -0.2) is 4.79 Å². The van der Waals surface area contributed by atoms with Crippen LogP contribution in [0, 0.1) is 3.57 Å². The van der Waals surface area contributed by atoms with Crippen LogP contribution in [0.4, 0.5) is 0 Å². The van der Waals surface area contributed by atoms with Gasteiger partial charge in [0.2, 0.25) is 0 Å². The molecule has 134 valence electrons. The summed E-state index contributed by atoms with van der Waals surface area (Å²) in [5, 5.41) is 0. The molecule has 0 aromatic heterocycles. The van der Waals surface area contributed by atoms with Crippen LogP contribution in [0.25, 0.3) is 0 Å². The van der Waals surface area contributed by atoms with E-state index in [-0.39, 0.29) is 11.8 Å². The Hall–Kier alpha value is -0.950.